The molecule has 3 nitrogen and oxygen atoms in total. The number of aliphatic hydroxyl groups is 1. The molecule has 0 amide bonds. The summed E-state index contributed by atoms with van der Waals surface area (Å²) >= 11 is 0. The molecule has 0 unspecified atom stereocenters. The van der Waals surface area contributed by atoms with Gasteiger partial charge in [0.1, 0.15) is 5.58 Å². The van der Waals surface area contributed by atoms with E-state index in [0.29, 0.717) is 5.58 Å². The van der Waals surface area contributed by atoms with E-state index in [9.17, 15) is 4.79 Å². The summed E-state index contributed by atoms with van der Waals surface area (Å²) in [5.74, 6) is 0. The van der Waals surface area contributed by atoms with Gasteiger partial charge in [-0.1, -0.05) is 42.5 Å². The summed E-state index contributed by atoms with van der Waals surface area (Å²) in [7, 11) is 0. The fourth-order valence-electron chi connectivity index (χ4n) is 2.16. The topological polar surface area (TPSA) is 50.4 Å². The molecular formula is C16H12O3. The largest absolute Gasteiger partial charge is 0.423 e. The van der Waals surface area contributed by atoms with Crippen LogP contribution in [0.3, 0.4) is 0 Å². The van der Waals surface area contributed by atoms with E-state index >= 15 is 0 Å². The van der Waals surface area contributed by atoms with Crippen LogP contribution in [0.25, 0.3) is 22.1 Å². The minimum atomic E-state index is -0.388. The average Bonchev–Trinajstić information content (AvgIpc) is 2.46. The zero-order valence-corrected chi connectivity index (χ0v) is 10.2. The molecule has 0 aliphatic heterocycles. The molecule has 94 valence electrons. The molecule has 19 heavy (non-hydrogen) atoms. The summed E-state index contributed by atoms with van der Waals surface area (Å²) in [6.07, 6.45) is 0. The molecule has 3 aromatic rings. The second kappa shape index (κ2) is 4.71. The molecule has 3 rings (SSSR count). The number of hydrogen-bond acceptors (Lipinski definition) is 3. The first-order chi connectivity index (χ1) is 9.28. The van der Waals surface area contributed by atoms with Crippen molar-refractivity contribution >= 4 is 11.0 Å². The molecule has 0 aliphatic carbocycles. The van der Waals surface area contributed by atoms with Gasteiger partial charge in [0.2, 0.25) is 0 Å². The van der Waals surface area contributed by atoms with E-state index in [1.165, 1.54) is 6.07 Å². The quantitative estimate of drug-likeness (QED) is 0.713. The number of benzene rings is 2. The molecule has 1 heterocycles. The zero-order chi connectivity index (χ0) is 13.2. The van der Waals surface area contributed by atoms with E-state index in [-0.39, 0.29) is 12.2 Å². The predicted molar refractivity (Wildman–Crippen MR) is 73.8 cm³/mol. The molecule has 0 spiro atoms. The summed E-state index contributed by atoms with van der Waals surface area (Å²) in [6.45, 7) is -0.0742. The van der Waals surface area contributed by atoms with Gasteiger partial charge in [-0.05, 0) is 22.8 Å². The van der Waals surface area contributed by atoms with E-state index in [1.54, 1.807) is 6.07 Å². The Labute approximate surface area is 109 Å². The Hall–Kier alpha value is -2.39. The van der Waals surface area contributed by atoms with Crippen molar-refractivity contribution in [1.82, 2.24) is 0 Å². The molecule has 0 aliphatic rings. The van der Waals surface area contributed by atoms with E-state index < -0.39 is 0 Å². The van der Waals surface area contributed by atoms with Crippen LogP contribution >= 0.6 is 0 Å². The maximum absolute atomic E-state index is 11.6. The van der Waals surface area contributed by atoms with Crippen LogP contribution in [0, 0.1) is 0 Å². The van der Waals surface area contributed by atoms with Gasteiger partial charge < -0.3 is 9.52 Å². The van der Waals surface area contributed by atoms with Gasteiger partial charge in [-0.3, -0.25) is 0 Å². The van der Waals surface area contributed by atoms with Crippen LogP contribution in [-0.4, -0.2) is 5.11 Å². The molecule has 0 fully saturated rings. The molecule has 0 bridgehead atoms. The van der Waals surface area contributed by atoms with Gasteiger partial charge in [-0.15, -0.1) is 0 Å². The van der Waals surface area contributed by atoms with Crippen LogP contribution in [-0.2, 0) is 6.61 Å². The van der Waals surface area contributed by atoms with Gasteiger partial charge in [-0.25, -0.2) is 4.79 Å². The Morgan fingerprint density at radius 2 is 1.79 bits per heavy atom. The van der Waals surface area contributed by atoms with Crippen molar-refractivity contribution in [2.45, 2.75) is 6.61 Å². The Bertz CT molecular complexity index is 773. The van der Waals surface area contributed by atoms with Crippen LogP contribution < -0.4 is 5.63 Å². The molecule has 1 aromatic heterocycles. The van der Waals surface area contributed by atoms with Crippen molar-refractivity contribution in [3.8, 4) is 11.1 Å². The predicted octanol–water partition coefficient (Wildman–Crippen LogP) is 2.95. The van der Waals surface area contributed by atoms with Crippen molar-refractivity contribution in [2.24, 2.45) is 0 Å². The van der Waals surface area contributed by atoms with Crippen molar-refractivity contribution in [2.75, 3.05) is 0 Å². The maximum Gasteiger partial charge on any atom is 0.336 e. The lowest BCUT2D eigenvalue weighted by Gasteiger charge is -2.06. The summed E-state index contributed by atoms with van der Waals surface area (Å²) in [5, 5.41) is 10.00. The van der Waals surface area contributed by atoms with Crippen molar-refractivity contribution in [3.05, 3.63) is 70.6 Å². The first-order valence-electron chi connectivity index (χ1n) is 6.01. The van der Waals surface area contributed by atoms with Gasteiger partial charge in [0.05, 0.1) is 6.61 Å². The van der Waals surface area contributed by atoms with Crippen molar-refractivity contribution < 1.29 is 9.52 Å². The van der Waals surface area contributed by atoms with Crippen molar-refractivity contribution in [3.63, 3.8) is 0 Å². The third-order valence-corrected chi connectivity index (χ3v) is 3.08. The summed E-state index contributed by atoms with van der Waals surface area (Å²) in [4.78, 5) is 11.6. The molecule has 0 saturated carbocycles. The third-order valence-electron chi connectivity index (χ3n) is 3.08. The number of fused-ring (bicyclic) bond motifs is 1. The highest BCUT2D eigenvalue weighted by molar-refractivity contribution is 5.93. The molecule has 3 heteroatoms. The first-order valence-corrected chi connectivity index (χ1v) is 6.01. The van der Waals surface area contributed by atoms with Crippen LogP contribution in [0.5, 0.6) is 0 Å². The summed E-state index contributed by atoms with van der Waals surface area (Å²) in [6, 6.07) is 16.6. The Balaban J connectivity index is 2.33. The molecule has 2 aromatic carbocycles. The number of aliphatic hydroxyl groups excluding tert-OH is 1. The number of rotatable bonds is 2. The van der Waals surface area contributed by atoms with Gasteiger partial charge in [0.25, 0.3) is 0 Å². The lowest BCUT2D eigenvalue weighted by molar-refractivity contribution is 0.282. The van der Waals surface area contributed by atoms with Crippen LogP contribution in [0.2, 0.25) is 0 Å². The van der Waals surface area contributed by atoms with Crippen molar-refractivity contribution in [1.29, 1.82) is 0 Å². The smallest absolute Gasteiger partial charge is 0.336 e. The van der Waals surface area contributed by atoms with Gasteiger partial charge in [0, 0.05) is 11.5 Å². The van der Waals surface area contributed by atoms with Crippen LogP contribution in [0.15, 0.2) is 63.8 Å². The minimum Gasteiger partial charge on any atom is -0.423 e. The Morgan fingerprint density at radius 1 is 1.00 bits per heavy atom. The molecular weight excluding hydrogens is 240 g/mol. The Kier molecular flexibility index (Phi) is 2.89. The SMILES string of the molecule is O=c1cc(-c2ccccc2)c2ccc(CO)cc2o1. The van der Waals surface area contributed by atoms with Crippen LogP contribution in [0.1, 0.15) is 5.56 Å². The lowest BCUT2D eigenvalue weighted by Crippen LogP contribution is -1.98. The van der Waals surface area contributed by atoms with Gasteiger partial charge in [-0.2, -0.15) is 0 Å². The minimum absolute atomic E-state index is 0.0742. The second-order valence-corrected chi connectivity index (χ2v) is 4.33. The highest BCUT2D eigenvalue weighted by Gasteiger charge is 2.08. The zero-order valence-electron chi connectivity index (χ0n) is 10.2. The van der Waals surface area contributed by atoms with Gasteiger partial charge in [0.15, 0.2) is 0 Å². The third kappa shape index (κ3) is 2.16. The highest BCUT2D eigenvalue weighted by atomic mass is 16.4. The second-order valence-electron chi connectivity index (χ2n) is 4.33. The first kappa shape index (κ1) is 11.7. The normalized spacial score (nSPS) is 10.8. The standard InChI is InChI=1S/C16H12O3/c17-10-11-6-7-13-14(12-4-2-1-3-5-12)9-16(18)19-15(13)8-11/h1-9,17H,10H2. The summed E-state index contributed by atoms with van der Waals surface area (Å²) in [5.41, 5.74) is 2.65. The average molecular weight is 252 g/mol. The maximum atomic E-state index is 11.6. The lowest BCUT2D eigenvalue weighted by atomic mass is 10.0. The fraction of sp³-hybridized carbons (Fsp3) is 0.0625. The highest BCUT2D eigenvalue weighted by Crippen LogP contribution is 2.27. The van der Waals surface area contributed by atoms with E-state index in [4.69, 9.17) is 9.52 Å². The molecule has 0 saturated heterocycles. The Morgan fingerprint density at radius 3 is 2.53 bits per heavy atom. The molecule has 1 N–H and O–H groups in total. The fourth-order valence-corrected chi connectivity index (χ4v) is 2.16. The van der Waals surface area contributed by atoms with Gasteiger partial charge >= 0.3 is 5.63 Å². The van der Waals surface area contributed by atoms with E-state index in [1.807, 2.05) is 42.5 Å². The monoisotopic (exact) mass is 252 g/mol. The summed E-state index contributed by atoms with van der Waals surface area (Å²) < 4.78 is 5.20. The molecule has 0 atom stereocenters. The van der Waals surface area contributed by atoms with E-state index in [2.05, 4.69) is 0 Å². The van der Waals surface area contributed by atoms with E-state index in [0.717, 1.165) is 22.1 Å². The number of hydrogen-bond donors (Lipinski definition) is 1. The van der Waals surface area contributed by atoms with Crippen LogP contribution in [0.4, 0.5) is 0 Å². The molecule has 0 radical (unpaired) electrons.